The molecule has 11 heavy (non-hydrogen) atoms. The molecule has 2 rings (SSSR count). The number of nitrogens with one attached hydrogen (secondary N) is 1. The van der Waals surface area contributed by atoms with E-state index in [-0.39, 0.29) is 11.6 Å². The summed E-state index contributed by atoms with van der Waals surface area (Å²) in [6, 6.07) is 0. The van der Waals surface area contributed by atoms with E-state index >= 15 is 0 Å². The minimum atomic E-state index is -0.245. The molecule has 3 nitrogen and oxygen atoms in total. The fourth-order valence-electron chi connectivity index (χ4n) is 1.71. The summed E-state index contributed by atoms with van der Waals surface area (Å²) in [7, 11) is 0. The molecule has 1 atom stereocenters. The van der Waals surface area contributed by atoms with E-state index in [9.17, 15) is 4.79 Å². The average molecular weight is 155 g/mol. The SMILES string of the molecule is CC1(C2CC2)CCOC(=O)N1. The maximum absolute atomic E-state index is 10.9. The van der Waals surface area contributed by atoms with Crippen LogP contribution >= 0.6 is 0 Å². The van der Waals surface area contributed by atoms with Crippen molar-refractivity contribution in [2.24, 2.45) is 5.92 Å². The molecule has 1 aliphatic heterocycles. The monoisotopic (exact) mass is 155 g/mol. The average Bonchev–Trinajstić information content (AvgIpc) is 2.66. The molecule has 0 spiro atoms. The van der Waals surface area contributed by atoms with E-state index in [1.165, 1.54) is 12.8 Å². The Morgan fingerprint density at radius 2 is 2.36 bits per heavy atom. The van der Waals surface area contributed by atoms with Gasteiger partial charge < -0.3 is 10.1 Å². The largest absolute Gasteiger partial charge is 0.449 e. The minimum Gasteiger partial charge on any atom is -0.449 e. The number of carbonyl (C=O) groups is 1. The van der Waals surface area contributed by atoms with Crippen molar-refractivity contribution in [2.45, 2.75) is 31.7 Å². The van der Waals surface area contributed by atoms with Crippen molar-refractivity contribution in [3.05, 3.63) is 0 Å². The Hall–Kier alpha value is -0.730. The van der Waals surface area contributed by atoms with Gasteiger partial charge in [0.25, 0.3) is 0 Å². The van der Waals surface area contributed by atoms with E-state index in [0.29, 0.717) is 12.5 Å². The standard InChI is InChI=1S/C8H13NO2/c1-8(6-2-3-6)4-5-11-7(10)9-8/h6H,2-5H2,1H3,(H,9,10). The van der Waals surface area contributed by atoms with Crippen LogP contribution in [0.15, 0.2) is 0 Å². The highest BCUT2D eigenvalue weighted by Crippen LogP contribution is 2.42. The van der Waals surface area contributed by atoms with E-state index < -0.39 is 0 Å². The van der Waals surface area contributed by atoms with Crippen LogP contribution in [0.1, 0.15) is 26.2 Å². The lowest BCUT2D eigenvalue weighted by Gasteiger charge is -2.34. The van der Waals surface area contributed by atoms with Gasteiger partial charge in [-0.1, -0.05) is 0 Å². The van der Waals surface area contributed by atoms with Crippen LogP contribution in [0.25, 0.3) is 0 Å². The summed E-state index contributed by atoms with van der Waals surface area (Å²) >= 11 is 0. The number of rotatable bonds is 1. The van der Waals surface area contributed by atoms with Crippen LogP contribution in [-0.2, 0) is 4.74 Å². The molecule has 1 saturated carbocycles. The van der Waals surface area contributed by atoms with Gasteiger partial charge >= 0.3 is 6.09 Å². The molecule has 0 aromatic carbocycles. The summed E-state index contributed by atoms with van der Waals surface area (Å²) in [5.74, 6) is 0.704. The lowest BCUT2D eigenvalue weighted by atomic mass is 9.91. The number of hydrogen-bond acceptors (Lipinski definition) is 2. The normalized spacial score (nSPS) is 37.7. The number of ether oxygens (including phenoxy) is 1. The second-order valence-electron chi connectivity index (χ2n) is 3.70. The quantitative estimate of drug-likeness (QED) is 0.619. The molecule has 2 fully saturated rings. The molecule has 1 heterocycles. The first-order valence-electron chi connectivity index (χ1n) is 4.16. The van der Waals surface area contributed by atoms with Crippen LogP contribution in [0.4, 0.5) is 4.79 Å². The lowest BCUT2D eigenvalue weighted by molar-refractivity contribution is 0.0850. The Bertz CT molecular complexity index is 189. The summed E-state index contributed by atoms with van der Waals surface area (Å²) < 4.78 is 4.80. The van der Waals surface area contributed by atoms with Gasteiger partial charge in [-0.25, -0.2) is 4.79 Å². The van der Waals surface area contributed by atoms with Crippen molar-refractivity contribution in [2.75, 3.05) is 6.61 Å². The van der Waals surface area contributed by atoms with Gasteiger partial charge in [0.1, 0.15) is 0 Å². The Balaban J connectivity index is 2.04. The first kappa shape index (κ1) is 6.95. The Labute approximate surface area is 66.1 Å². The van der Waals surface area contributed by atoms with Crippen molar-refractivity contribution >= 4 is 6.09 Å². The zero-order valence-corrected chi connectivity index (χ0v) is 6.72. The summed E-state index contributed by atoms with van der Waals surface area (Å²) in [6.07, 6.45) is 3.24. The van der Waals surface area contributed by atoms with Crippen LogP contribution < -0.4 is 5.32 Å². The van der Waals surface area contributed by atoms with Crippen LogP contribution in [0.5, 0.6) is 0 Å². The summed E-state index contributed by atoms with van der Waals surface area (Å²) in [4.78, 5) is 10.9. The van der Waals surface area contributed by atoms with Gasteiger partial charge in [0.05, 0.1) is 6.61 Å². The number of alkyl carbamates (subject to hydrolysis) is 1. The molecule has 62 valence electrons. The maximum atomic E-state index is 10.9. The second kappa shape index (κ2) is 2.13. The maximum Gasteiger partial charge on any atom is 0.407 e. The van der Waals surface area contributed by atoms with Crippen molar-refractivity contribution in [3.63, 3.8) is 0 Å². The van der Waals surface area contributed by atoms with Gasteiger partial charge in [-0.3, -0.25) is 0 Å². The third-order valence-corrected chi connectivity index (χ3v) is 2.72. The molecule has 1 aliphatic carbocycles. The molecule has 2 aliphatic rings. The highest BCUT2D eigenvalue weighted by Gasteiger charge is 2.44. The predicted molar refractivity (Wildman–Crippen MR) is 40.2 cm³/mol. The van der Waals surface area contributed by atoms with E-state index in [1.807, 2.05) is 0 Å². The van der Waals surface area contributed by atoms with Crippen LogP contribution in [0.2, 0.25) is 0 Å². The highest BCUT2D eigenvalue weighted by atomic mass is 16.6. The van der Waals surface area contributed by atoms with Crippen LogP contribution in [0.3, 0.4) is 0 Å². The van der Waals surface area contributed by atoms with Crippen molar-refractivity contribution in [3.8, 4) is 0 Å². The number of amides is 1. The Morgan fingerprint density at radius 3 is 2.91 bits per heavy atom. The molecule has 1 unspecified atom stereocenters. The number of carbonyl (C=O) groups excluding carboxylic acids is 1. The van der Waals surface area contributed by atoms with Gasteiger partial charge in [0.15, 0.2) is 0 Å². The Kier molecular flexibility index (Phi) is 1.34. The molecule has 1 amide bonds. The van der Waals surface area contributed by atoms with Crippen LogP contribution in [0, 0.1) is 5.92 Å². The van der Waals surface area contributed by atoms with Crippen molar-refractivity contribution in [1.29, 1.82) is 0 Å². The molecule has 0 radical (unpaired) electrons. The minimum absolute atomic E-state index is 0.0370. The first-order valence-corrected chi connectivity index (χ1v) is 4.16. The van der Waals surface area contributed by atoms with Gasteiger partial charge in [-0.15, -0.1) is 0 Å². The summed E-state index contributed by atoms with van der Waals surface area (Å²) in [5.41, 5.74) is 0.0370. The fourth-order valence-corrected chi connectivity index (χ4v) is 1.71. The topological polar surface area (TPSA) is 38.3 Å². The lowest BCUT2D eigenvalue weighted by Crippen LogP contribution is -2.52. The molecule has 1 N–H and O–H groups in total. The molecule has 0 aromatic heterocycles. The van der Waals surface area contributed by atoms with E-state index in [2.05, 4.69) is 12.2 Å². The number of hydrogen-bond donors (Lipinski definition) is 1. The van der Waals surface area contributed by atoms with E-state index in [1.54, 1.807) is 0 Å². The third kappa shape index (κ3) is 1.19. The zero-order chi connectivity index (χ0) is 7.90. The van der Waals surface area contributed by atoms with Gasteiger partial charge in [-0.05, 0) is 25.7 Å². The summed E-state index contributed by atoms with van der Waals surface area (Å²) in [5, 5.41) is 2.89. The van der Waals surface area contributed by atoms with E-state index in [4.69, 9.17) is 4.74 Å². The van der Waals surface area contributed by atoms with E-state index in [0.717, 1.165) is 6.42 Å². The molecular formula is C8H13NO2. The third-order valence-electron chi connectivity index (χ3n) is 2.72. The van der Waals surface area contributed by atoms with Crippen molar-refractivity contribution < 1.29 is 9.53 Å². The van der Waals surface area contributed by atoms with Gasteiger partial charge in [0, 0.05) is 12.0 Å². The second-order valence-corrected chi connectivity index (χ2v) is 3.70. The molecule has 1 saturated heterocycles. The van der Waals surface area contributed by atoms with Gasteiger partial charge in [0.2, 0.25) is 0 Å². The van der Waals surface area contributed by atoms with Gasteiger partial charge in [-0.2, -0.15) is 0 Å². The predicted octanol–water partition coefficient (Wildman–Crippen LogP) is 1.28. The van der Waals surface area contributed by atoms with Crippen molar-refractivity contribution in [1.82, 2.24) is 5.32 Å². The smallest absolute Gasteiger partial charge is 0.407 e. The fraction of sp³-hybridized carbons (Fsp3) is 0.875. The molecule has 0 bridgehead atoms. The molecule has 3 heteroatoms. The van der Waals surface area contributed by atoms with Crippen LogP contribution in [-0.4, -0.2) is 18.2 Å². The Morgan fingerprint density at radius 1 is 1.64 bits per heavy atom. The molecular weight excluding hydrogens is 142 g/mol. The first-order chi connectivity index (χ1) is 5.21. The molecule has 0 aromatic rings. The summed E-state index contributed by atoms with van der Waals surface area (Å²) in [6.45, 7) is 2.70. The zero-order valence-electron chi connectivity index (χ0n) is 6.72. The highest BCUT2D eigenvalue weighted by molar-refractivity contribution is 5.69. The number of cyclic esters (lactones) is 1.